The van der Waals surface area contributed by atoms with Crippen LogP contribution in [0.15, 0.2) is 0 Å². The van der Waals surface area contributed by atoms with Gasteiger partial charge in [-0.05, 0) is 31.6 Å². The largest absolute Gasteiger partial charge is 0.353 e. The molecular weight excluding hydrogens is 240 g/mol. The topological polar surface area (TPSA) is 49.4 Å². The van der Waals surface area contributed by atoms with Crippen LogP contribution in [-0.4, -0.2) is 35.8 Å². The second-order valence-electron chi connectivity index (χ2n) is 5.51. The van der Waals surface area contributed by atoms with E-state index in [4.69, 9.17) is 6.42 Å². The Bertz CT molecular complexity index is 386. The Hall–Kier alpha value is -1.50. The van der Waals surface area contributed by atoms with E-state index in [0.717, 1.165) is 45.2 Å². The van der Waals surface area contributed by atoms with E-state index in [1.165, 1.54) is 0 Å². The third-order valence-electron chi connectivity index (χ3n) is 4.14. The molecule has 0 aromatic rings. The molecule has 4 heteroatoms. The summed E-state index contributed by atoms with van der Waals surface area (Å²) in [6.45, 7) is 1.58. The van der Waals surface area contributed by atoms with Gasteiger partial charge in [0.15, 0.2) is 0 Å². The highest BCUT2D eigenvalue weighted by Gasteiger charge is 2.34. The average Bonchev–Trinajstić information content (AvgIpc) is 2.42. The Kier molecular flexibility index (Phi) is 4.84. The molecule has 19 heavy (non-hydrogen) atoms. The van der Waals surface area contributed by atoms with Gasteiger partial charge in [0.05, 0.1) is 0 Å². The van der Waals surface area contributed by atoms with Crippen LogP contribution in [0, 0.1) is 18.3 Å². The minimum atomic E-state index is 0.162. The van der Waals surface area contributed by atoms with Crippen LogP contribution in [-0.2, 0) is 9.59 Å². The SMILES string of the molecule is C#CCCCCC(=O)N1CCC2NC(=O)CCC2C1. The maximum atomic E-state index is 12.1. The van der Waals surface area contributed by atoms with Gasteiger partial charge in [-0.1, -0.05) is 0 Å². The molecule has 2 heterocycles. The zero-order valence-corrected chi connectivity index (χ0v) is 11.4. The lowest BCUT2D eigenvalue weighted by atomic mass is 9.85. The summed E-state index contributed by atoms with van der Waals surface area (Å²) < 4.78 is 0. The number of carbonyl (C=O) groups excluding carboxylic acids is 2. The van der Waals surface area contributed by atoms with Crippen LogP contribution < -0.4 is 5.32 Å². The maximum Gasteiger partial charge on any atom is 0.222 e. The van der Waals surface area contributed by atoms with Gasteiger partial charge in [-0.25, -0.2) is 0 Å². The van der Waals surface area contributed by atoms with E-state index in [1.54, 1.807) is 0 Å². The molecule has 2 atom stereocenters. The third-order valence-corrected chi connectivity index (χ3v) is 4.14. The molecule has 0 aromatic heterocycles. The van der Waals surface area contributed by atoms with E-state index in [2.05, 4.69) is 11.2 Å². The standard InChI is InChI=1S/C15H22N2O2/c1-2-3-4-5-6-15(19)17-10-9-13-12(11-17)7-8-14(18)16-13/h1,12-13H,3-11H2,(H,16,18). The molecular formula is C15H22N2O2. The monoisotopic (exact) mass is 262 g/mol. The van der Waals surface area contributed by atoms with Crippen LogP contribution in [0.2, 0.25) is 0 Å². The van der Waals surface area contributed by atoms with Crippen LogP contribution in [0.3, 0.4) is 0 Å². The Morgan fingerprint density at radius 2 is 2.26 bits per heavy atom. The molecule has 2 rings (SSSR count). The molecule has 104 valence electrons. The first-order chi connectivity index (χ1) is 9.20. The Balaban J connectivity index is 1.76. The second kappa shape index (κ2) is 6.60. The summed E-state index contributed by atoms with van der Waals surface area (Å²) in [6.07, 6.45) is 10.8. The highest BCUT2D eigenvalue weighted by molar-refractivity contribution is 5.78. The van der Waals surface area contributed by atoms with Gasteiger partial charge >= 0.3 is 0 Å². The number of fused-ring (bicyclic) bond motifs is 1. The number of piperidine rings is 2. The quantitative estimate of drug-likeness (QED) is 0.613. The van der Waals surface area contributed by atoms with Gasteiger partial charge in [0.25, 0.3) is 0 Å². The van der Waals surface area contributed by atoms with Crippen molar-refractivity contribution in [3.05, 3.63) is 0 Å². The summed E-state index contributed by atoms with van der Waals surface area (Å²) in [7, 11) is 0. The molecule has 0 bridgehead atoms. The average molecular weight is 262 g/mol. The number of rotatable bonds is 4. The molecule has 0 radical (unpaired) electrons. The van der Waals surface area contributed by atoms with Crippen molar-refractivity contribution in [3.63, 3.8) is 0 Å². The summed E-state index contributed by atoms with van der Waals surface area (Å²) in [5.74, 6) is 3.45. The number of nitrogens with one attached hydrogen (secondary N) is 1. The zero-order valence-electron chi connectivity index (χ0n) is 11.4. The van der Waals surface area contributed by atoms with Crippen LogP contribution in [0.4, 0.5) is 0 Å². The lowest BCUT2D eigenvalue weighted by Crippen LogP contribution is -2.55. The summed E-state index contributed by atoms with van der Waals surface area (Å²) >= 11 is 0. The van der Waals surface area contributed by atoms with Crippen LogP contribution in [0.25, 0.3) is 0 Å². The molecule has 1 N–H and O–H groups in total. The van der Waals surface area contributed by atoms with Gasteiger partial charge in [-0.15, -0.1) is 12.3 Å². The van der Waals surface area contributed by atoms with Crippen molar-refractivity contribution < 1.29 is 9.59 Å². The third kappa shape index (κ3) is 3.73. The van der Waals surface area contributed by atoms with Crippen LogP contribution in [0.1, 0.15) is 44.9 Å². The van der Waals surface area contributed by atoms with Gasteiger partial charge in [0, 0.05) is 38.4 Å². The van der Waals surface area contributed by atoms with Gasteiger partial charge < -0.3 is 10.2 Å². The summed E-state index contributed by atoms with van der Waals surface area (Å²) in [4.78, 5) is 25.4. The van der Waals surface area contributed by atoms with Crippen molar-refractivity contribution in [2.45, 2.75) is 51.0 Å². The lowest BCUT2D eigenvalue weighted by molar-refractivity contribution is -0.134. The predicted molar refractivity (Wildman–Crippen MR) is 73.2 cm³/mol. The summed E-state index contributed by atoms with van der Waals surface area (Å²) in [6, 6.07) is 0.284. The number of nitrogens with zero attached hydrogens (tertiary/aromatic N) is 1. The fraction of sp³-hybridized carbons (Fsp3) is 0.733. The predicted octanol–water partition coefficient (Wildman–Crippen LogP) is 1.31. The van der Waals surface area contributed by atoms with Crippen molar-refractivity contribution in [2.24, 2.45) is 5.92 Å². The number of hydrogen-bond acceptors (Lipinski definition) is 2. The molecule has 2 unspecified atom stereocenters. The lowest BCUT2D eigenvalue weighted by Gasteiger charge is -2.41. The van der Waals surface area contributed by atoms with E-state index in [9.17, 15) is 9.59 Å². The molecule has 2 amide bonds. The van der Waals surface area contributed by atoms with Gasteiger partial charge in [0.2, 0.25) is 11.8 Å². The second-order valence-corrected chi connectivity index (χ2v) is 5.51. The Morgan fingerprint density at radius 1 is 1.42 bits per heavy atom. The molecule has 2 fully saturated rings. The highest BCUT2D eigenvalue weighted by atomic mass is 16.2. The molecule has 2 aliphatic rings. The van der Waals surface area contributed by atoms with E-state index < -0.39 is 0 Å². The van der Waals surface area contributed by atoms with Gasteiger partial charge in [0.1, 0.15) is 0 Å². The molecule has 0 aromatic carbocycles. The van der Waals surface area contributed by atoms with Gasteiger partial charge in [-0.2, -0.15) is 0 Å². The highest BCUT2D eigenvalue weighted by Crippen LogP contribution is 2.25. The molecule has 0 saturated carbocycles. The van der Waals surface area contributed by atoms with Crippen molar-refractivity contribution in [2.75, 3.05) is 13.1 Å². The molecule has 2 aliphatic heterocycles. The molecule has 2 saturated heterocycles. The van der Waals surface area contributed by atoms with Crippen LogP contribution in [0.5, 0.6) is 0 Å². The minimum Gasteiger partial charge on any atom is -0.353 e. The van der Waals surface area contributed by atoms with E-state index >= 15 is 0 Å². The first-order valence-electron chi connectivity index (χ1n) is 7.21. The molecule has 0 aliphatic carbocycles. The molecule has 4 nitrogen and oxygen atoms in total. The normalized spacial score (nSPS) is 26.3. The van der Waals surface area contributed by atoms with Crippen molar-refractivity contribution in [1.82, 2.24) is 10.2 Å². The van der Waals surface area contributed by atoms with Gasteiger partial charge in [-0.3, -0.25) is 9.59 Å². The fourth-order valence-corrected chi connectivity index (χ4v) is 3.00. The summed E-state index contributed by atoms with van der Waals surface area (Å²) in [5, 5.41) is 3.04. The smallest absolute Gasteiger partial charge is 0.222 e. The van der Waals surface area contributed by atoms with Crippen molar-refractivity contribution >= 4 is 11.8 Å². The summed E-state index contributed by atoms with van der Waals surface area (Å²) in [5.41, 5.74) is 0. The number of terminal acetylenes is 1. The first kappa shape index (κ1) is 13.9. The Morgan fingerprint density at radius 3 is 3.05 bits per heavy atom. The minimum absolute atomic E-state index is 0.162. The van der Waals surface area contributed by atoms with E-state index in [1.807, 2.05) is 4.90 Å². The number of carbonyl (C=O) groups is 2. The number of amides is 2. The fourth-order valence-electron chi connectivity index (χ4n) is 3.00. The zero-order chi connectivity index (χ0) is 13.7. The first-order valence-corrected chi connectivity index (χ1v) is 7.21. The van der Waals surface area contributed by atoms with Crippen molar-refractivity contribution in [3.8, 4) is 12.3 Å². The van der Waals surface area contributed by atoms with E-state index in [0.29, 0.717) is 18.8 Å². The molecule has 0 spiro atoms. The van der Waals surface area contributed by atoms with Crippen LogP contribution >= 0.6 is 0 Å². The maximum absolute atomic E-state index is 12.1. The van der Waals surface area contributed by atoms with E-state index in [-0.39, 0.29) is 17.9 Å². The van der Waals surface area contributed by atoms with Crippen molar-refractivity contribution in [1.29, 1.82) is 0 Å². The number of likely N-dealkylation sites (tertiary alicyclic amines) is 1. The Labute approximate surface area is 114 Å². The number of hydrogen-bond donors (Lipinski definition) is 1. The number of unbranched alkanes of at least 4 members (excludes halogenated alkanes) is 2.